The molecular weight excluding hydrogens is 282 g/mol. The Morgan fingerprint density at radius 2 is 2.14 bits per heavy atom. The summed E-state index contributed by atoms with van der Waals surface area (Å²) in [6.07, 6.45) is 4.66. The van der Waals surface area contributed by atoms with Gasteiger partial charge in [0.2, 0.25) is 5.91 Å². The topological polar surface area (TPSA) is 58.4 Å². The van der Waals surface area contributed by atoms with Gasteiger partial charge in [0, 0.05) is 18.2 Å². The van der Waals surface area contributed by atoms with E-state index in [1.807, 2.05) is 30.0 Å². The van der Waals surface area contributed by atoms with Crippen LogP contribution in [-0.2, 0) is 4.79 Å². The summed E-state index contributed by atoms with van der Waals surface area (Å²) in [7, 11) is 2.14. The van der Waals surface area contributed by atoms with Gasteiger partial charge in [-0.15, -0.1) is 0 Å². The molecule has 118 valence electrons. The van der Waals surface area contributed by atoms with Crippen molar-refractivity contribution in [2.24, 2.45) is 0 Å². The number of anilines is 2. The van der Waals surface area contributed by atoms with E-state index in [0.29, 0.717) is 23.8 Å². The average Bonchev–Trinajstić information content (AvgIpc) is 2.47. The second-order valence-corrected chi connectivity index (χ2v) is 6.15. The van der Waals surface area contributed by atoms with Crippen LogP contribution in [0.3, 0.4) is 0 Å². The monoisotopic (exact) mass is 309 g/mol. The molecule has 0 aliphatic heterocycles. The van der Waals surface area contributed by atoms with E-state index in [-0.39, 0.29) is 5.91 Å². The molecule has 5 heteroatoms. The Morgan fingerprint density at radius 3 is 2.76 bits per heavy atom. The van der Waals surface area contributed by atoms with E-state index in [1.54, 1.807) is 6.07 Å². The summed E-state index contributed by atoms with van der Waals surface area (Å²) >= 11 is 1.87. The summed E-state index contributed by atoms with van der Waals surface area (Å²) in [6.45, 7) is 3.15. The molecule has 0 fully saturated rings. The molecule has 0 heterocycles. The highest BCUT2D eigenvalue weighted by molar-refractivity contribution is 7.98. The van der Waals surface area contributed by atoms with Gasteiger partial charge in [-0.1, -0.05) is 19.1 Å². The molecule has 21 heavy (non-hydrogen) atoms. The third-order valence-corrected chi connectivity index (χ3v) is 4.32. The highest BCUT2D eigenvalue weighted by atomic mass is 32.2. The Labute approximate surface area is 132 Å². The van der Waals surface area contributed by atoms with Crippen molar-refractivity contribution in [3.63, 3.8) is 0 Å². The minimum atomic E-state index is 0.0271. The molecule has 1 rings (SSSR count). The van der Waals surface area contributed by atoms with Gasteiger partial charge in [-0.2, -0.15) is 11.8 Å². The van der Waals surface area contributed by atoms with Gasteiger partial charge in [-0.05, 0) is 44.8 Å². The largest absolute Gasteiger partial charge is 0.397 e. The maximum Gasteiger partial charge on any atom is 0.224 e. The van der Waals surface area contributed by atoms with Crippen molar-refractivity contribution in [3.05, 3.63) is 24.3 Å². The second-order valence-electron chi connectivity index (χ2n) is 5.24. The van der Waals surface area contributed by atoms with Gasteiger partial charge in [0.15, 0.2) is 0 Å². The second kappa shape index (κ2) is 9.68. The zero-order valence-corrected chi connectivity index (χ0v) is 14.1. The smallest absolute Gasteiger partial charge is 0.224 e. The summed E-state index contributed by atoms with van der Waals surface area (Å²) in [5.74, 6) is 1.17. The number of carbonyl (C=O) groups excluding carboxylic acids is 1. The number of hydrogen-bond acceptors (Lipinski definition) is 4. The number of carbonyl (C=O) groups is 1. The fourth-order valence-electron chi connectivity index (χ4n) is 2.24. The van der Waals surface area contributed by atoms with E-state index >= 15 is 0 Å². The first kappa shape index (κ1) is 17.9. The lowest BCUT2D eigenvalue weighted by Crippen LogP contribution is -2.34. The van der Waals surface area contributed by atoms with Gasteiger partial charge >= 0.3 is 0 Å². The Morgan fingerprint density at radius 1 is 1.43 bits per heavy atom. The molecule has 0 aliphatic rings. The first-order valence-corrected chi connectivity index (χ1v) is 8.81. The maximum absolute atomic E-state index is 11.9. The summed E-state index contributed by atoms with van der Waals surface area (Å²) < 4.78 is 0. The predicted molar refractivity (Wildman–Crippen MR) is 93.8 cm³/mol. The molecule has 0 saturated carbocycles. The number of nitrogens with one attached hydrogen (secondary N) is 1. The number of nitrogens with zero attached hydrogens (tertiary/aromatic N) is 1. The molecule has 1 amide bonds. The molecule has 0 bridgehead atoms. The van der Waals surface area contributed by atoms with Gasteiger partial charge < -0.3 is 16.0 Å². The summed E-state index contributed by atoms with van der Waals surface area (Å²) in [5, 5.41) is 2.87. The fraction of sp³-hybridized carbons (Fsp3) is 0.562. The third kappa shape index (κ3) is 6.40. The Hall–Kier alpha value is -1.20. The van der Waals surface area contributed by atoms with Crippen LogP contribution in [0.25, 0.3) is 0 Å². The highest BCUT2D eigenvalue weighted by Crippen LogP contribution is 2.17. The molecule has 1 unspecified atom stereocenters. The predicted octanol–water partition coefficient (Wildman–Crippen LogP) is 3.06. The summed E-state index contributed by atoms with van der Waals surface area (Å²) in [6, 6.07) is 7.93. The Bertz CT molecular complexity index is 439. The van der Waals surface area contributed by atoms with Gasteiger partial charge in [0.1, 0.15) is 0 Å². The van der Waals surface area contributed by atoms with E-state index < -0.39 is 0 Å². The molecule has 1 aromatic rings. The number of thioether (sulfide) groups is 1. The number of para-hydroxylation sites is 2. The minimum Gasteiger partial charge on any atom is -0.397 e. The van der Waals surface area contributed by atoms with Crippen molar-refractivity contribution >= 4 is 29.0 Å². The molecule has 0 spiro atoms. The zero-order valence-electron chi connectivity index (χ0n) is 13.3. The molecule has 1 atom stereocenters. The van der Waals surface area contributed by atoms with Crippen molar-refractivity contribution in [2.45, 2.75) is 32.2 Å². The summed E-state index contributed by atoms with van der Waals surface area (Å²) in [5.41, 5.74) is 7.12. The number of benzene rings is 1. The maximum atomic E-state index is 11.9. The van der Waals surface area contributed by atoms with Gasteiger partial charge in [0.05, 0.1) is 11.4 Å². The van der Waals surface area contributed by atoms with E-state index in [4.69, 9.17) is 5.73 Å². The van der Waals surface area contributed by atoms with Crippen LogP contribution in [0.15, 0.2) is 24.3 Å². The van der Waals surface area contributed by atoms with E-state index in [9.17, 15) is 4.79 Å². The number of hydrogen-bond donors (Lipinski definition) is 2. The van der Waals surface area contributed by atoms with Crippen molar-refractivity contribution < 1.29 is 4.79 Å². The Balaban J connectivity index is 2.32. The molecule has 1 aromatic carbocycles. The molecule has 4 nitrogen and oxygen atoms in total. The number of nitrogens with two attached hydrogens (primary N) is 1. The van der Waals surface area contributed by atoms with Crippen LogP contribution in [0.2, 0.25) is 0 Å². The quantitative estimate of drug-likeness (QED) is 0.688. The van der Waals surface area contributed by atoms with Crippen LogP contribution in [0.1, 0.15) is 26.2 Å². The minimum absolute atomic E-state index is 0.0271. The SMILES string of the molecule is CCC(CSC)N(C)CCCC(=O)Nc1ccccc1N. The van der Waals surface area contributed by atoms with Crippen LogP contribution < -0.4 is 11.1 Å². The van der Waals surface area contributed by atoms with E-state index in [0.717, 1.165) is 25.1 Å². The van der Waals surface area contributed by atoms with Gasteiger partial charge in [-0.25, -0.2) is 0 Å². The standard InChI is InChI=1S/C16H27N3OS/c1-4-13(12-21-3)19(2)11-7-10-16(20)18-15-9-6-5-8-14(15)17/h5-6,8-9,13H,4,7,10-12,17H2,1-3H3,(H,18,20). The van der Waals surface area contributed by atoms with Crippen molar-refractivity contribution in [3.8, 4) is 0 Å². The normalized spacial score (nSPS) is 12.4. The summed E-state index contributed by atoms with van der Waals surface area (Å²) in [4.78, 5) is 14.3. The molecule has 3 N–H and O–H groups in total. The van der Waals surface area contributed by atoms with Crippen LogP contribution in [0.5, 0.6) is 0 Å². The van der Waals surface area contributed by atoms with Gasteiger partial charge in [0.25, 0.3) is 0 Å². The van der Waals surface area contributed by atoms with Crippen molar-refractivity contribution in [1.82, 2.24) is 4.90 Å². The average molecular weight is 309 g/mol. The Kier molecular flexibility index (Phi) is 8.23. The molecule has 0 saturated heterocycles. The van der Waals surface area contributed by atoms with Crippen molar-refractivity contribution in [2.75, 3.05) is 36.7 Å². The van der Waals surface area contributed by atoms with E-state index in [1.165, 1.54) is 0 Å². The first-order chi connectivity index (χ1) is 10.1. The lowest BCUT2D eigenvalue weighted by molar-refractivity contribution is -0.116. The number of rotatable bonds is 9. The van der Waals surface area contributed by atoms with E-state index in [2.05, 4.69) is 30.4 Å². The molecule has 0 aliphatic carbocycles. The number of amides is 1. The van der Waals surface area contributed by atoms with Crippen LogP contribution in [0, 0.1) is 0 Å². The van der Waals surface area contributed by atoms with Crippen LogP contribution >= 0.6 is 11.8 Å². The zero-order chi connectivity index (χ0) is 15.7. The molecule has 0 radical (unpaired) electrons. The van der Waals surface area contributed by atoms with Crippen LogP contribution in [-0.4, -0.2) is 42.4 Å². The number of nitrogen functional groups attached to an aromatic ring is 1. The third-order valence-electron chi connectivity index (χ3n) is 3.60. The van der Waals surface area contributed by atoms with Crippen LogP contribution in [0.4, 0.5) is 11.4 Å². The lowest BCUT2D eigenvalue weighted by Gasteiger charge is -2.26. The molecular formula is C16H27N3OS. The fourth-order valence-corrected chi connectivity index (χ4v) is 3.12. The highest BCUT2D eigenvalue weighted by Gasteiger charge is 2.12. The van der Waals surface area contributed by atoms with Gasteiger partial charge in [-0.3, -0.25) is 4.79 Å². The van der Waals surface area contributed by atoms with Crippen molar-refractivity contribution in [1.29, 1.82) is 0 Å². The molecule has 0 aromatic heterocycles. The lowest BCUT2D eigenvalue weighted by atomic mass is 10.2. The first-order valence-electron chi connectivity index (χ1n) is 7.42.